The second-order valence-corrected chi connectivity index (χ2v) is 7.09. The second-order valence-electron chi connectivity index (χ2n) is 6.06. The molecule has 0 aliphatic carbocycles. The number of aromatic nitrogens is 2. The molecule has 0 fully saturated rings. The quantitative estimate of drug-likeness (QED) is 0.463. The van der Waals surface area contributed by atoms with Crippen molar-refractivity contribution in [2.45, 2.75) is 13.8 Å². The van der Waals surface area contributed by atoms with Gasteiger partial charge in [-0.1, -0.05) is 11.3 Å². The van der Waals surface area contributed by atoms with Crippen molar-refractivity contribution in [3.63, 3.8) is 0 Å². The first-order valence-electron chi connectivity index (χ1n) is 8.55. The summed E-state index contributed by atoms with van der Waals surface area (Å²) in [5.41, 5.74) is 2.52. The molecule has 0 spiro atoms. The monoisotopic (exact) mass is 403 g/mol. The fourth-order valence-electron chi connectivity index (χ4n) is 2.82. The Bertz CT molecular complexity index is 1020. The summed E-state index contributed by atoms with van der Waals surface area (Å²) >= 11 is 1.34. The average Bonchev–Trinajstić information content (AvgIpc) is 3.20. The molecule has 1 amide bonds. The fraction of sp³-hybridized carbons (Fsp3) is 0.316. The predicted molar refractivity (Wildman–Crippen MR) is 107 cm³/mol. The number of anilines is 1. The predicted octanol–water partition coefficient (Wildman–Crippen LogP) is 3.31. The Morgan fingerprint density at radius 3 is 2.71 bits per heavy atom. The topological polar surface area (TPSA) is 103 Å². The summed E-state index contributed by atoms with van der Waals surface area (Å²) in [4.78, 5) is 32.4. The highest BCUT2D eigenvalue weighted by Gasteiger charge is 2.23. The lowest BCUT2D eigenvalue weighted by molar-refractivity contribution is 0.0387. The van der Waals surface area contributed by atoms with Crippen molar-refractivity contribution in [1.29, 1.82) is 0 Å². The highest BCUT2D eigenvalue weighted by atomic mass is 32.1. The molecule has 28 heavy (non-hydrogen) atoms. The van der Waals surface area contributed by atoms with E-state index < -0.39 is 5.97 Å². The van der Waals surface area contributed by atoms with Crippen molar-refractivity contribution in [2.24, 2.45) is 0 Å². The molecule has 0 saturated carbocycles. The van der Waals surface area contributed by atoms with Crippen LogP contribution in [0.5, 0.6) is 5.75 Å². The van der Waals surface area contributed by atoms with Gasteiger partial charge < -0.3 is 19.2 Å². The number of H-pyrrole nitrogens is 1. The van der Waals surface area contributed by atoms with Crippen LogP contribution in [0.1, 0.15) is 32.1 Å². The van der Waals surface area contributed by atoms with Crippen LogP contribution >= 0.6 is 11.3 Å². The minimum atomic E-state index is -0.491. The Balaban J connectivity index is 1.79. The molecular formula is C19H21N3O5S. The van der Waals surface area contributed by atoms with Crippen molar-refractivity contribution in [1.82, 2.24) is 9.97 Å². The van der Waals surface area contributed by atoms with Crippen molar-refractivity contribution >= 4 is 38.6 Å². The van der Waals surface area contributed by atoms with Gasteiger partial charge >= 0.3 is 5.97 Å². The molecule has 0 atom stereocenters. The summed E-state index contributed by atoms with van der Waals surface area (Å²) in [5, 5.41) is 3.24. The number of amides is 1. The summed E-state index contributed by atoms with van der Waals surface area (Å²) in [6.45, 7) is 3.88. The number of hydrogen-bond acceptors (Lipinski definition) is 7. The molecule has 1 aromatic carbocycles. The van der Waals surface area contributed by atoms with Crippen molar-refractivity contribution < 1.29 is 23.8 Å². The highest BCUT2D eigenvalue weighted by molar-refractivity contribution is 7.22. The van der Waals surface area contributed by atoms with Crippen LogP contribution < -0.4 is 10.1 Å². The number of carbonyl (C=O) groups excluding carboxylic acids is 2. The normalized spacial score (nSPS) is 10.9. The van der Waals surface area contributed by atoms with Gasteiger partial charge in [-0.2, -0.15) is 0 Å². The second kappa shape index (κ2) is 8.41. The van der Waals surface area contributed by atoms with Gasteiger partial charge in [-0.05, 0) is 37.6 Å². The molecule has 9 heteroatoms. The van der Waals surface area contributed by atoms with Crippen LogP contribution in [0.2, 0.25) is 0 Å². The summed E-state index contributed by atoms with van der Waals surface area (Å²) in [5.74, 6) is -0.140. The van der Waals surface area contributed by atoms with E-state index in [-0.39, 0.29) is 12.5 Å². The largest absolute Gasteiger partial charge is 0.497 e. The first kappa shape index (κ1) is 19.8. The lowest BCUT2D eigenvalue weighted by atomic mass is 10.1. The first-order chi connectivity index (χ1) is 13.4. The minimum Gasteiger partial charge on any atom is -0.497 e. The maximum absolute atomic E-state index is 12.7. The Morgan fingerprint density at radius 1 is 1.21 bits per heavy atom. The molecular weight excluding hydrogens is 382 g/mol. The van der Waals surface area contributed by atoms with Crippen LogP contribution in [-0.4, -0.2) is 49.3 Å². The molecule has 3 aromatic rings. The van der Waals surface area contributed by atoms with Gasteiger partial charge in [-0.15, -0.1) is 0 Å². The average molecular weight is 403 g/mol. The third-order valence-corrected chi connectivity index (χ3v) is 5.14. The maximum atomic E-state index is 12.7. The minimum absolute atomic E-state index is 0.149. The van der Waals surface area contributed by atoms with E-state index in [1.807, 2.05) is 18.2 Å². The van der Waals surface area contributed by atoms with Gasteiger partial charge in [-0.25, -0.2) is 9.78 Å². The molecule has 0 unspecified atom stereocenters. The summed E-state index contributed by atoms with van der Waals surface area (Å²) < 4.78 is 16.1. The highest BCUT2D eigenvalue weighted by Crippen LogP contribution is 2.29. The first-order valence-corrected chi connectivity index (χ1v) is 9.37. The zero-order chi connectivity index (χ0) is 20.3. The number of esters is 1. The Morgan fingerprint density at radius 2 is 2.00 bits per heavy atom. The van der Waals surface area contributed by atoms with Gasteiger partial charge in [0.25, 0.3) is 5.91 Å². The lowest BCUT2D eigenvalue weighted by Gasteiger charge is -2.05. The standard InChI is InChI=1S/C19H21N3O5S/c1-10-15(18(24)27-8-7-25-3)11(2)20-16(10)17(23)22-19-21-13-6-5-12(26-4)9-14(13)28-19/h5-6,9,20H,7-8H2,1-4H3,(H,21,22,23). The molecule has 148 valence electrons. The number of rotatable bonds is 7. The number of hydrogen-bond donors (Lipinski definition) is 2. The molecule has 3 rings (SSSR count). The fourth-order valence-corrected chi connectivity index (χ4v) is 3.71. The number of methoxy groups -OCH3 is 2. The Kier molecular flexibility index (Phi) is 5.96. The molecule has 2 N–H and O–H groups in total. The number of thiazole rings is 1. The van der Waals surface area contributed by atoms with Crippen LogP contribution in [0.25, 0.3) is 10.2 Å². The van der Waals surface area contributed by atoms with Gasteiger partial charge in [0, 0.05) is 12.8 Å². The zero-order valence-corrected chi connectivity index (χ0v) is 16.9. The summed E-state index contributed by atoms with van der Waals surface area (Å²) in [7, 11) is 3.13. The lowest BCUT2D eigenvalue weighted by Crippen LogP contribution is -2.14. The van der Waals surface area contributed by atoms with E-state index in [1.54, 1.807) is 21.0 Å². The van der Waals surface area contributed by atoms with E-state index in [1.165, 1.54) is 18.4 Å². The van der Waals surface area contributed by atoms with Crippen molar-refractivity contribution in [2.75, 3.05) is 32.8 Å². The number of benzene rings is 1. The molecule has 2 heterocycles. The molecule has 2 aromatic heterocycles. The van der Waals surface area contributed by atoms with Gasteiger partial charge in [0.2, 0.25) is 0 Å². The SMILES string of the molecule is COCCOC(=O)c1c(C)[nH]c(C(=O)Nc2nc3ccc(OC)cc3s2)c1C. The Hall–Kier alpha value is -2.91. The third kappa shape index (κ3) is 4.00. The van der Waals surface area contributed by atoms with E-state index in [4.69, 9.17) is 14.2 Å². The molecule has 0 aliphatic rings. The van der Waals surface area contributed by atoms with Crippen molar-refractivity contribution in [3.8, 4) is 5.75 Å². The van der Waals surface area contributed by atoms with Gasteiger partial charge in [-0.3, -0.25) is 10.1 Å². The summed E-state index contributed by atoms with van der Waals surface area (Å²) in [6.07, 6.45) is 0. The smallest absolute Gasteiger partial charge is 0.340 e. The van der Waals surface area contributed by atoms with Crippen LogP contribution in [0.15, 0.2) is 18.2 Å². The maximum Gasteiger partial charge on any atom is 0.340 e. The number of ether oxygens (including phenoxy) is 3. The van der Waals surface area contributed by atoms with E-state index in [0.29, 0.717) is 34.3 Å². The number of nitrogens with one attached hydrogen (secondary N) is 2. The number of aryl methyl sites for hydroxylation is 1. The van der Waals surface area contributed by atoms with E-state index in [9.17, 15) is 9.59 Å². The number of nitrogens with zero attached hydrogens (tertiary/aromatic N) is 1. The number of aromatic amines is 1. The molecule has 0 bridgehead atoms. The van der Waals surface area contributed by atoms with Crippen LogP contribution in [-0.2, 0) is 9.47 Å². The number of carbonyl (C=O) groups is 2. The van der Waals surface area contributed by atoms with E-state index in [2.05, 4.69) is 15.3 Å². The molecule has 0 saturated heterocycles. The number of fused-ring (bicyclic) bond motifs is 1. The van der Waals surface area contributed by atoms with E-state index in [0.717, 1.165) is 16.0 Å². The molecule has 8 nitrogen and oxygen atoms in total. The van der Waals surface area contributed by atoms with Gasteiger partial charge in [0.15, 0.2) is 5.13 Å². The van der Waals surface area contributed by atoms with Gasteiger partial charge in [0.05, 0.1) is 29.5 Å². The Labute approximate surface area is 165 Å². The molecule has 0 aliphatic heterocycles. The van der Waals surface area contributed by atoms with Crippen LogP contribution in [0, 0.1) is 13.8 Å². The third-order valence-electron chi connectivity index (χ3n) is 4.21. The zero-order valence-electron chi connectivity index (χ0n) is 16.0. The van der Waals surface area contributed by atoms with Crippen LogP contribution in [0.4, 0.5) is 5.13 Å². The summed E-state index contributed by atoms with van der Waals surface area (Å²) in [6, 6.07) is 5.51. The van der Waals surface area contributed by atoms with Crippen LogP contribution in [0.3, 0.4) is 0 Å². The van der Waals surface area contributed by atoms with Crippen molar-refractivity contribution in [3.05, 3.63) is 40.7 Å². The van der Waals surface area contributed by atoms with E-state index >= 15 is 0 Å². The molecule has 0 radical (unpaired) electrons. The van der Waals surface area contributed by atoms with Gasteiger partial charge in [0.1, 0.15) is 18.1 Å².